The van der Waals surface area contributed by atoms with Crippen molar-refractivity contribution in [3.63, 3.8) is 0 Å². The molecular formula is H3AlClO2+. The van der Waals surface area contributed by atoms with Crippen molar-refractivity contribution in [1.29, 1.82) is 0 Å². The smallest absolute Gasteiger partial charge is 1.00 e. The molecule has 3 N–H and O–H groups in total. The summed E-state index contributed by atoms with van der Waals surface area (Å²) in [6.07, 6.45) is 0. The summed E-state index contributed by atoms with van der Waals surface area (Å²) in [5, 5.41) is 0. The molecule has 0 rings (SSSR count). The zero-order chi connectivity index (χ0) is 0. The molecule has 0 atom stereocenters. The van der Waals surface area contributed by atoms with E-state index in [2.05, 4.69) is 0 Å². The van der Waals surface area contributed by atoms with Crippen LogP contribution in [-0.2, 0) is 0 Å². The van der Waals surface area contributed by atoms with Crippen LogP contribution in [0.2, 0.25) is 0 Å². The minimum Gasteiger partial charge on any atom is -1.00 e. The first-order valence-corrected chi connectivity index (χ1v) is 0. The molecule has 0 saturated carbocycles. The van der Waals surface area contributed by atoms with Crippen LogP contribution < -0.4 is 12.4 Å². The van der Waals surface area contributed by atoms with Gasteiger partial charge in [-0.2, -0.15) is 0 Å². The van der Waals surface area contributed by atoms with E-state index in [0.29, 0.717) is 0 Å². The van der Waals surface area contributed by atoms with E-state index in [4.69, 9.17) is 0 Å². The van der Waals surface area contributed by atoms with E-state index < -0.39 is 0 Å². The molecule has 0 spiro atoms. The van der Waals surface area contributed by atoms with Crippen molar-refractivity contribution in [3.05, 3.63) is 0 Å². The maximum atomic E-state index is 0. The molecule has 0 aromatic carbocycles. The van der Waals surface area contributed by atoms with E-state index in [-0.39, 0.29) is 40.7 Å². The second-order valence-electron chi connectivity index (χ2n) is 0. The topological polar surface area (TPSA) is 61.5 Å². The molecule has 2 nitrogen and oxygen atoms in total. The van der Waals surface area contributed by atoms with E-state index in [1.165, 1.54) is 0 Å². The Morgan fingerprint density at radius 2 is 1.00 bits per heavy atom. The van der Waals surface area contributed by atoms with Gasteiger partial charge in [0.25, 0.3) is 0 Å². The van der Waals surface area contributed by atoms with Crippen molar-refractivity contribution >= 4 is 17.4 Å². The van der Waals surface area contributed by atoms with Gasteiger partial charge in [-0.15, -0.1) is 0 Å². The maximum Gasteiger partial charge on any atom is 3.00 e. The molecule has 24 valence electrons. The van der Waals surface area contributed by atoms with E-state index in [1.807, 2.05) is 0 Å². The predicted molar refractivity (Wildman–Crippen MR) is 11.3 cm³/mol. The van der Waals surface area contributed by atoms with Crippen LogP contribution in [-0.4, -0.2) is 28.3 Å². The Kier molecular flexibility index (Phi) is 1540. The van der Waals surface area contributed by atoms with Crippen molar-refractivity contribution in [2.75, 3.05) is 0 Å². The number of rotatable bonds is 0. The Balaban J connectivity index is 0. The summed E-state index contributed by atoms with van der Waals surface area (Å²) in [5.74, 6) is 0. The summed E-state index contributed by atoms with van der Waals surface area (Å²) < 4.78 is 0. The van der Waals surface area contributed by atoms with E-state index in [0.717, 1.165) is 0 Å². The van der Waals surface area contributed by atoms with Gasteiger partial charge < -0.3 is 23.4 Å². The quantitative estimate of drug-likeness (QED) is 0.282. The third-order valence-electron chi connectivity index (χ3n) is 0. The largest absolute Gasteiger partial charge is 3.00 e. The summed E-state index contributed by atoms with van der Waals surface area (Å²) in [7, 11) is 0. The van der Waals surface area contributed by atoms with Crippen LogP contribution in [0.1, 0.15) is 0 Å². The molecule has 0 aromatic rings. The van der Waals surface area contributed by atoms with E-state index >= 15 is 0 Å². The van der Waals surface area contributed by atoms with Crippen molar-refractivity contribution in [1.82, 2.24) is 0 Å². The average Bonchev–Trinajstić information content (AvgIpc) is 0. The summed E-state index contributed by atoms with van der Waals surface area (Å²) in [6.45, 7) is 0. The Morgan fingerprint density at radius 1 is 1.00 bits per heavy atom. The Hall–Kier alpha value is 0.742. The third kappa shape index (κ3) is 15.1. The minimum absolute atomic E-state index is 0. The van der Waals surface area contributed by atoms with Crippen LogP contribution in [0.25, 0.3) is 0 Å². The Bertz CT molecular complexity index is 6.00. The first-order valence-electron chi connectivity index (χ1n) is 0. The van der Waals surface area contributed by atoms with Crippen LogP contribution >= 0.6 is 0 Å². The third-order valence-corrected chi connectivity index (χ3v) is 0. The van der Waals surface area contributed by atoms with Crippen molar-refractivity contribution < 1.29 is 23.4 Å². The molecule has 0 aliphatic carbocycles. The van der Waals surface area contributed by atoms with Crippen molar-refractivity contribution in [3.8, 4) is 0 Å². The standard InChI is InChI=1S/Al.ClH.2H2O/h;1H;2*1H2/q+3;;;/p-2. The molecule has 0 aromatic heterocycles. The van der Waals surface area contributed by atoms with Crippen LogP contribution in [0, 0.1) is 0 Å². The van der Waals surface area contributed by atoms with Gasteiger partial charge in [-0.1, -0.05) is 0 Å². The molecule has 4 heteroatoms. The van der Waals surface area contributed by atoms with Crippen LogP contribution in [0.4, 0.5) is 0 Å². The summed E-state index contributed by atoms with van der Waals surface area (Å²) in [6, 6.07) is 0. The summed E-state index contributed by atoms with van der Waals surface area (Å²) in [5.41, 5.74) is 0. The fourth-order valence-electron chi connectivity index (χ4n) is 0. The second-order valence-corrected chi connectivity index (χ2v) is 0. The van der Waals surface area contributed by atoms with Gasteiger partial charge in [0.1, 0.15) is 0 Å². The van der Waals surface area contributed by atoms with Gasteiger partial charge in [-0.05, 0) is 0 Å². The molecule has 0 amide bonds. The van der Waals surface area contributed by atoms with Crippen LogP contribution in [0.3, 0.4) is 0 Å². The predicted octanol–water partition coefficient (Wildman–Crippen LogP) is -4.38. The zero-order valence-corrected chi connectivity index (χ0v) is 3.81. The van der Waals surface area contributed by atoms with Gasteiger partial charge in [-0.25, -0.2) is 0 Å². The Morgan fingerprint density at radius 3 is 1.00 bits per heavy atom. The molecule has 0 aliphatic rings. The van der Waals surface area contributed by atoms with Gasteiger partial charge in [0, 0.05) is 0 Å². The van der Waals surface area contributed by atoms with E-state index in [9.17, 15) is 0 Å². The summed E-state index contributed by atoms with van der Waals surface area (Å²) in [4.78, 5) is 0. The van der Waals surface area contributed by atoms with Crippen LogP contribution in [0.15, 0.2) is 0 Å². The Labute approximate surface area is 41.4 Å². The molecule has 0 saturated heterocycles. The monoisotopic (exact) mass is 97.0 g/mol. The minimum atomic E-state index is 0. The molecule has 0 fully saturated rings. The van der Waals surface area contributed by atoms with Gasteiger partial charge in [0.2, 0.25) is 0 Å². The van der Waals surface area contributed by atoms with Crippen molar-refractivity contribution in [2.45, 2.75) is 0 Å². The normalized spacial score (nSPS) is 0. The molecule has 4 heavy (non-hydrogen) atoms. The molecular weight excluding hydrogens is 94.4 g/mol. The molecule has 0 aliphatic heterocycles. The summed E-state index contributed by atoms with van der Waals surface area (Å²) >= 11 is 0. The average molecular weight is 97.5 g/mol. The van der Waals surface area contributed by atoms with E-state index in [1.54, 1.807) is 0 Å². The SMILES string of the molecule is O.[Al+3].[Cl-].[OH-]. The van der Waals surface area contributed by atoms with Crippen LogP contribution in [0.5, 0.6) is 0 Å². The van der Waals surface area contributed by atoms with Crippen molar-refractivity contribution in [2.24, 2.45) is 0 Å². The number of hydrogen-bond acceptors (Lipinski definition) is 1. The number of halogens is 1. The van der Waals surface area contributed by atoms with Gasteiger partial charge in [0.15, 0.2) is 0 Å². The molecule has 0 heterocycles. The first kappa shape index (κ1) is 120. The number of hydrogen-bond donors (Lipinski definition) is 0. The molecule has 0 bridgehead atoms. The van der Waals surface area contributed by atoms with Gasteiger partial charge in [0.05, 0.1) is 0 Å². The first-order chi connectivity index (χ1) is 0. The maximum absolute atomic E-state index is 0. The fourth-order valence-corrected chi connectivity index (χ4v) is 0. The fraction of sp³-hybridized carbons (Fsp3) is 0. The molecule has 0 radical (unpaired) electrons. The zero-order valence-electron chi connectivity index (χ0n) is 1.90. The van der Waals surface area contributed by atoms with Gasteiger partial charge in [-0.3, -0.25) is 0 Å². The van der Waals surface area contributed by atoms with Gasteiger partial charge >= 0.3 is 17.4 Å². The second kappa shape index (κ2) is 51.1. The molecule has 0 unspecified atom stereocenters.